The molecule has 0 aliphatic heterocycles. The van der Waals surface area contributed by atoms with E-state index in [0.717, 1.165) is 17.3 Å². The molecule has 0 heterocycles. The lowest BCUT2D eigenvalue weighted by molar-refractivity contribution is 0.975. The molecule has 0 fully saturated rings. The van der Waals surface area contributed by atoms with Crippen LogP contribution in [0.5, 0.6) is 0 Å². The zero-order valence-corrected chi connectivity index (χ0v) is 8.89. The van der Waals surface area contributed by atoms with Gasteiger partial charge in [-0.3, -0.25) is 0 Å². The summed E-state index contributed by atoms with van der Waals surface area (Å²) in [5, 5.41) is 0. The quantitative estimate of drug-likeness (QED) is 0.720. The Morgan fingerprint density at radius 1 is 1.33 bits per heavy atom. The molecule has 12 heavy (non-hydrogen) atoms. The van der Waals surface area contributed by atoms with Crippen molar-refractivity contribution < 1.29 is 0 Å². The Labute approximate surface area is 82.4 Å². The van der Waals surface area contributed by atoms with Gasteiger partial charge in [0.15, 0.2) is 0 Å². The number of allylic oxidation sites excluding steroid dienone is 1. The van der Waals surface area contributed by atoms with Crippen LogP contribution in [0.1, 0.15) is 25.3 Å². The molecule has 0 N–H and O–H groups in total. The van der Waals surface area contributed by atoms with Crippen molar-refractivity contribution in [1.29, 1.82) is 0 Å². The first-order valence-corrected chi connectivity index (χ1v) is 4.97. The molecule has 1 heteroatoms. The van der Waals surface area contributed by atoms with Gasteiger partial charge in [0.25, 0.3) is 0 Å². The largest absolute Gasteiger partial charge is 0.0952 e. The lowest BCUT2D eigenvalue weighted by Gasteiger charge is -2.03. The summed E-state index contributed by atoms with van der Waals surface area (Å²) in [6.45, 7) is 6.20. The Morgan fingerprint density at radius 3 is 2.42 bits per heavy atom. The molecule has 0 aromatic heterocycles. The molecule has 1 aromatic rings. The second kappa shape index (κ2) is 4.46. The highest BCUT2D eigenvalue weighted by molar-refractivity contribution is 9.10. The molecule has 0 amide bonds. The highest BCUT2D eigenvalue weighted by Crippen LogP contribution is 2.19. The summed E-state index contributed by atoms with van der Waals surface area (Å²) in [4.78, 5) is 0. The highest BCUT2D eigenvalue weighted by atomic mass is 79.9. The Morgan fingerprint density at radius 2 is 1.92 bits per heavy atom. The minimum absolute atomic E-state index is 1.08. The predicted octanol–water partition coefficient (Wildman–Crippen LogP) is 4.26. The third-order valence-electron chi connectivity index (χ3n) is 1.80. The molecule has 0 bridgehead atoms. The van der Waals surface area contributed by atoms with Crippen LogP contribution < -0.4 is 0 Å². The van der Waals surface area contributed by atoms with Gasteiger partial charge >= 0.3 is 0 Å². The van der Waals surface area contributed by atoms with E-state index >= 15 is 0 Å². The van der Waals surface area contributed by atoms with E-state index < -0.39 is 0 Å². The molecule has 1 aromatic carbocycles. The van der Waals surface area contributed by atoms with E-state index in [2.05, 4.69) is 53.7 Å². The average molecular weight is 225 g/mol. The SMILES string of the molecule is C=C(CCC)c1ccc(Br)cc1. The molecule has 0 aliphatic carbocycles. The number of benzene rings is 1. The van der Waals surface area contributed by atoms with Crippen molar-refractivity contribution in [2.75, 3.05) is 0 Å². The second-order valence-electron chi connectivity index (χ2n) is 2.86. The van der Waals surface area contributed by atoms with Gasteiger partial charge in [-0.2, -0.15) is 0 Å². The third kappa shape index (κ3) is 2.49. The van der Waals surface area contributed by atoms with Crippen LogP contribution in [-0.4, -0.2) is 0 Å². The predicted molar refractivity (Wildman–Crippen MR) is 58.1 cm³/mol. The average Bonchev–Trinajstić information content (AvgIpc) is 2.06. The maximum Gasteiger partial charge on any atom is 0.0175 e. The summed E-state index contributed by atoms with van der Waals surface area (Å²) < 4.78 is 1.12. The monoisotopic (exact) mass is 224 g/mol. The van der Waals surface area contributed by atoms with Gasteiger partial charge in [-0.25, -0.2) is 0 Å². The van der Waals surface area contributed by atoms with E-state index in [1.165, 1.54) is 11.1 Å². The fourth-order valence-electron chi connectivity index (χ4n) is 1.13. The number of rotatable bonds is 3. The summed E-state index contributed by atoms with van der Waals surface area (Å²) in [5.74, 6) is 0. The molecule has 64 valence electrons. The van der Waals surface area contributed by atoms with Crippen LogP contribution in [0.15, 0.2) is 35.3 Å². The fourth-order valence-corrected chi connectivity index (χ4v) is 1.40. The van der Waals surface area contributed by atoms with Crippen molar-refractivity contribution in [2.45, 2.75) is 19.8 Å². The molecular weight excluding hydrogens is 212 g/mol. The first-order chi connectivity index (χ1) is 5.74. The molecule has 0 atom stereocenters. The van der Waals surface area contributed by atoms with E-state index in [9.17, 15) is 0 Å². The van der Waals surface area contributed by atoms with Gasteiger partial charge < -0.3 is 0 Å². The Hall–Kier alpha value is -0.560. The Bertz CT molecular complexity index is 259. The lowest BCUT2D eigenvalue weighted by Crippen LogP contribution is -1.81. The first-order valence-electron chi connectivity index (χ1n) is 4.17. The number of halogens is 1. The summed E-state index contributed by atoms with van der Waals surface area (Å²) in [7, 11) is 0. The maximum absolute atomic E-state index is 4.03. The normalized spacial score (nSPS) is 9.83. The maximum atomic E-state index is 4.03. The molecule has 0 saturated heterocycles. The first kappa shape index (κ1) is 9.53. The van der Waals surface area contributed by atoms with Crippen molar-refractivity contribution in [3.63, 3.8) is 0 Å². The molecule has 0 aliphatic rings. The standard InChI is InChI=1S/C11H13Br/c1-3-4-9(2)10-5-7-11(12)8-6-10/h5-8H,2-4H2,1H3. The third-order valence-corrected chi connectivity index (χ3v) is 2.33. The van der Waals surface area contributed by atoms with Crippen LogP contribution in [0.3, 0.4) is 0 Å². The molecule has 0 nitrogen and oxygen atoms in total. The highest BCUT2D eigenvalue weighted by Gasteiger charge is 1.96. The zero-order chi connectivity index (χ0) is 8.97. The summed E-state index contributed by atoms with van der Waals surface area (Å²) in [6.07, 6.45) is 2.25. The van der Waals surface area contributed by atoms with Gasteiger partial charge in [-0.05, 0) is 29.7 Å². The van der Waals surface area contributed by atoms with Crippen LogP contribution >= 0.6 is 15.9 Å². The van der Waals surface area contributed by atoms with Gasteiger partial charge in [0.2, 0.25) is 0 Å². The van der Waals surface area contributed by atoms with Gasteiger partial charge in [0, 0.05) is 4.47 Å². The van der Waals surface area contributed by atoms with Crippen molar-refractivity contribution in [2.24, 2.45) is 0 Å². The molecule has 0 radical (unpaired) electrons. The molecular formula is C11H13Br. The Kier molecular flexibility index (Phi) is 3.54. The van der Waals surface area contributed by atoms with Crippen LogP contribution in [0.4, 0.5) is 0 Å². The van der Waals surface area contributed by atoms with Crippen molar-refractivity contribution in [1.82, 2.24) is 0 Å². The van der Waals surface area contributed by atoms with E-state index in [-0.39, 0.29) is 0 Å². The molecule has 0 unspecified atom stereocenters. The van der Waals surface area contributed by atoms with Crippen LogP contribution in [0.2, 0.25) is 0 Å². The van der Waals surface area contributed by atoms with Crippen LogP contribution in [0, 0.1) is 0 Å². The number of hydrogen-bond acceptors (Lipinski definition) is 0. The smallest absolute Gasteiger partial charge is 0.0175 e. The number of hydrogen-bond donors (Lipinski definition) is 0. The fraction of sp³-hybridized carbons (Fsp3) is 0.273. The molecule has 0 saturated carbocycles. The summed E-state index contributed by atoms with van der Waals surface area (Å²) in [6, 6.07) is 8.30. The minimum atomic E-state index is 1.08. The van der Waals surface area contributed by atoms with Crippen molar-refractivity contribution in [3.8, 4) is 0 Å². The van der Waals surface area contributed by atoms with Crippen molar-refractivity contribution in [3.05, 3.63) is 40.9 Å². The van der Waals surface area contributed by atoms with Crippen LogP contribution in [0.25, 0.3) is 5.57 Å². The summed E-state index contributed by atoms with van der Waals surface area (Å²) >= 11 is 3.40. The topological polar surface area (TPSA) is 0 Å². The second-order valence-corrected chi connectivity index (χ2v) is 3.78. The van der Waals surface area contributed by atoms with Crippen molar-refractivity contribution >= 4 is 21.5 Å². The van der Waals surface area contributed by atoms with Gasteiger partial charge in [0.1, 0.15) is 0 Å². The van der Waals surface area contributed by atoms with E-state index in [4.69, 9.17) is 0 Å². The van der Waals surface area contributed by atoms with E-state index in [1.54, 1.807) is 0 Å². The van der Waals surface area contributed by atoms with E-state index in [1.807, 2.05) is 0 Å². The zero-order valence-electron chi connectivity index (χ0n) is 7.31. The molecule has 1 rings (SSSR count). The summed E-state index contributed by atoms with van der Waals surface area (Å²) in [5.41, 5.74) is 2.48. The van der Waals surface area contributed by atoms with Crippen LogP contribution in [-0.2, 0) is 0 Å². The minimum Gasteiger partial charge on any atom is -0.0952 e. The van der Waals surface area contributed by atoms with Gasteiger partial charge in [-0.15, -0.1) is 0 Å². The van der Waals surface area contributed by atoms with Gasteiger partial charge in [-0.1, -0.05) is 48.0 Å². The van der Waals surface area contributed by atoms with E-state index in [0.29, 0.717) is 0 Å². The lowest BCUT2D eigenvalue weighted by atomic mass is 10.0. The molecule has 0 spiro atoms. The van der Waals surface area contributed by atoms with Gasteiger partial charge in [0.05, 0.1) is 0 Å². The Balaban J connectivity index is 2.75.